The largest absolute Gasteiger partial charge is 0.377 e. The number of pyridine rings is 1. The van der Waals surface area contributed by atoms with E-state index in [9.17, 15) is 0 Å². The van der Waals surface area contributed by atoms with Crippen LogP contribution < -0.4 is 5.32 Å². The van der Waals surface area contributed by atoms with Crippen LogP contribution in [0.15, 0.2) is 24.5 Å². The molecule has 0 aliphatic heterocycles. The summed E-state index contributed by atoms with van der Waals surface area (Å²) in [5.41, 5.74) is 1.23. The fourth-order valence-corrected chi connectivity index (χ4v) is 1.56. The topological polar surface area (TPSA) is 37.4 Å². The lowest BCUT2D eigenvalue weighted by Crippen LogP contribution is -2.31. The zero-order chi connectivity index (χ0) is 13.2. The van der Waals surface area contributed by atoms with E-state index in [2.05, 4.69) is 42.2 Å². The predicted octanol–water partition coefficient (Wildman–Crippen LogP) is 1.53. The highest BCUT2D eigenvalue weighted by atomic mass is 16.5. The Bertz CT molecular complexity index is 303. The van der Waals surface area contributed by atoms with Crippen molar-refractivity contribution in [1.29, 1.82) is 0 Å². The van der Waals surface area contributed by atoms with E-state index in [1.54, 1.807) is 6.20 Å². The summed E-state index contributed by atoms with van der Waals surface area (Å²) < 4.78 is 5.52. The van der Waals surface area contributed by atoms with Crippen LogP contribution in [0, 0.1) is 0 Å². The fourth-order valence-electron chi connectivity index (χ4n) is 1.56. The van der Waals surface area contributed by atoms with Crippen molar-refractivity contribution in [2.75, 3.05) is 33.3 Å². The Labute approximate surface area is 110 Å². The summed E-state index contributed by atoms with van der Waals surface area (Å²) in [5, 5.41) is 3.41. The molecule has 1 N–H and O–H groups in total. The Morgan fingerprint density at radius 3 is 2.89 bits per heavy atom. The SMILES string of the molecule is CC(C)OCCN(C)CCNCc1cccnc1. The highest BCUT2D eigenvalue weighted by Crippen LogP contribution is 1.94. The summed E-state index contributed by atoms with van der Waals surface area (Å²) in [6, 6.07) is 4.05. The second-order valence-electron chi connectivity index (χ2n) is 4.76. The first kappa shape index (κ1) is 15.1. The van der Waals surface area contributed by atoms with Gasteiger partial charge < -0.3 is 15.0 Å². The maximum atomic E-state index is 5.52. The normalized spacial score (nSPS) is 11.4. The lowest BCUT2D eigenvalue weighted by Gasteiger charge is -2.17. The van der Waals surface area contributed by atoms with Gasteiger partial charge in [0.05, 0.1) is 12.7 Å². The van der Waals surface area contributed by atoms with Crippen LogP contribution in [-0.2, 0) is 11.3 Å². The first-order valence-electron chi connectivity index (χ1n) is 6.58. The van der Waals surface area contributed by atoms with Gasteiger partial charge in [0.1, 0.15) is 0 Å². The van der Waals surface area contributed by atoms with Gasteiger partial charge >= 0.3 is 0 Å². The summed E-state index contributed by atoms with van der Waals surface area (Å²) in [7, 11) is 2.12. The molecule has 1 heterocycles. The van der Waals surface area contributed by atoms with Crippen LogP contribution in [0.25, 0.3) is 0 Å². The van der Waals surface area contributed by atoms with Crippen molar-refractivity contribution in [1.82, 2.24) is 15.2 Å². The Hall–Kier alpha value is -0.970. The fraction of sp³-hybridized carbons (Fsp3) is 0.643. The second-order valence-corrected chi connectivity index (χ2v) is 4.76. The zero-order valence-electron chi connectivity index (χ0n) is 11.7. The summed E-state index contributed by atoms with van der Waals surface area (Å²) in [4.78, 5) is 6.36. The second kappa shape index (κ2) is 9.03. The van der Waals surface area contributed by atoms with E-state index in [1.807, 2.05) is 12.3 Å². The molecule has 0 aliphatic carbocycles. The lowest BCUT2D eigenvalue weighted by atomic mass is 10.3. The van der Waals surface area contributed by atoms with Crippen LogP contribution in [0.1, 0.15) is 19.4 Å². The van der Waals surface area contributed by atoms with Gasteiger partial charge in [-0.25, -0.2) is 0 Å². The minimum Gasteiger partial charge on any atom is -0.377 e. The van der Waals surface area contributed by atoms with Gasteiger partial charge in [0, 0.05) is 38.6 Å². The molecule has 18 heavy (non-hydrogen) atoms. The summed E-state index contributed by atoms with van der Waals surface area (Å²) in [6.45, 7) is 8.80. The monoisotopic (exact) mass is 251 g/mol. The van der Waals surface area contributed by atoms with Crippen LogP contribution in [-0.4, -0.2) is 49.3 Å². The molecule has 102 valence electrons. The minimum absolute atomic E-state index is 0.321. The number of nitrogens with one attached hydrogen (secondary N) is 1. The number of aromatic nitrogens is 1. The number of nitrogens with zero attached hydrogens (tertiary/aromatic N) is 2. The molecule has 0 unspecified atom stereocenters. The van der Waals surface area contributed by atoms with Crippen LogP contribution in [0.2, 0.25) is 0 Å². The molecule has 1 aromatic heterocycles. The molecule has 0 radical (unpaired) electrons. The summed E-state index contributed by atoms with van der Waals surface area (Å²) in [6.07, 6.45) is 4.02. The number of likely N-dealkylation sites (N-methyl/N-ethyl adjacent to an activating group) is 1. The van der Waals surface area contributed by atoms with Crippen molar-refractivity contribution in [3.8, 4) is 0 Å². The summed E-state index contributed by atoms with van der Waals surface area (Å²) >= 11 is 0. The van der Waals surface area contributed by atoms with E-state index < -0.39 is 0 Å². The van der Waals surface area contributed by atoms with Crippen molar-refractivity contribution in [3.05, 3.63) is 30.1 Å². The van der Waals surface area contributed by atoms with E-state index in [-0.39, 0.29) is 0 Å². The molecule has 0 aromatic carbocycles. The summed E-state index contributed by atoms with van der Waals surface area (Å²) in [5.74, 6) is 0. The predicted molar refractivity (Wildman–Crippen MR) is 74.5 cm³/mol. The number of rotatable bonds is 9. The van der Waals surface area contributed by atoms with Crippen LogP contribution in [0.3, 0.4) is 0 Å². The van der Waals surface area contributed by atoms with Gasteiger partial charge in [-0.15, -0.1) is 0 Å². The Morgan fingerprint density at radius 2 is 2.22 bits per heavy atom. The minimum atomic E-state index is 0.321. The first-order valence-corrected chi connectivity index (χ1v) is 6.58. The Balaban J connectivity index is 2.00. The quantitative estimate of drug-likeness (QED) is 0.675. The molecule has 1 aromatic rings. The average molecular weight is 251 g/mol. The Kier molecular flexibility index (Phi) is 7.57. The van der Waals surface area contributed by atoms with Gasteiger partial charge in [0.2, 0.25) is 0 Å². The molecular weight excluding hydrogens is 226 g/mol. The maximum Gasteiger partial charge on any atom is 0.0596 e. The maximum absolute atomic E-state index is 5.52. The van der Waals surface area contributed by atoms with Gasteiger partial charge in [-0.2, -0.15) is 0 Å². The average Bonchev–Trinajstić information content (AvgIpc) is 2.35. The third-order valence-electron chi connectivity index (χ3n) is 2.65. The van der Waals surface area contributed by atoms with E-state index in [0.717, 1.165) is 32.8 Å². The molecule has 0 bridgehead atoms. The van der Waals surface area contributed by atoms with Crippen molar-refractivity contribution >= 4 is 0 Å². The molecule has 0 spiro atoms. The third kappa shape index (κ3) is 7.37. The first-order chi connectivity index (χ1) is 8.68. The zero-order valence-corrected chi connectivity index (χ0v) is 11.7. The van der Waals surface area contributed by atoms with Crippen LogP contribution >= 0.6 is 0 Å². The van der Waals surface area contributed by atoms with E-state index in [0.29, 0.717) is 6.10 Å². The van der Waals surface area contributed by atoms with E-state index >= 15 is 0 Å². The molecule has 0 saturated carbocycles. The number of hydrogen-bond donors (Lipinski definition) is 1. The molecule has 0 amide bonds. The van der Waals surface area contributed by atoms with Crippen LogP contribution in [0.4, 0.5) is 0 Å². The van der Waals surface area contributed by atoms with E-state index in [4.69, 9.17) is 4.74 Å². The molecule has 0 saturated heterocycles. The molecular formula is C14H25N3O. The van der Waals surface area contributed by atoms with Crippen LogP contribution in [0.5, 0.6) is 0 Å². The van der Waals surface area contributed by atoms with Gasteiger partial charge in [-0.05, 0) is 32.5 Å². The van der Waals surface area contributed by atoms with Gasteiger partial charge in [-0.1, -0.05) is 6.07 Å². The van der Waals surface area contributed by atoms with E-state index in [1.165, 1.54) is 5.56 Å². The standard InChI is InChI=1S/C14H25N3O/c1-13(2)18-10-9-17(3)8-7-16-12-14-5-4-6-15-11-14/h4-6,11,13,16H,7-10,12H2,1-3H3. The molecule has 0 atom stereocenters. The lowest BCUT2D eigenvalue weighted by molar-refractivity contribution is 0.0640. The van der Waals surface area contributed by atoms with Crippen molar-refractivity contribution in [2.24, 2.45) is 0 Å². The number of ether oxygens (including phenoxy) is 1. The number of hydrogen-bond acceptors (Lipinski definition) is 4. The Morgan fingerprint density at radius 1 is 1.39 bits per heavy atom. The smallest absolute Gasteiger partial charge is 0.0596 e. The highest BCUT2D eigenvalue weighted by molar-refractivity contribution is 5.07. The van der Waals surface area contributed by atoms with Crippen molar-refractivity contribution in [3.63, 3.8) is 0 Å². The third-order valence-corrected chi connectivity index (χ3v) is 2.65. The molecule has 1 rings (SSSR count). The highest BCUT2D eigenvalue weighted by Gasteiger charge is 1.99. The van der Waals surface area contributed by atoms with Gasteiger partial charge in [-0.3, -0.25) is 4.98 Å². The molecule has 4 nitrogen and oxygen atoms in total. The molecule has 0 aliphatic rings. The van der Waals surface area contributed by atoms with Gasteiger partial charge in [0.25, 0.3) is 0 Å². The molecule has 0 fully saturated rings. The van der Waals surface area contributed by atoms with Gasteiger partial charge in [0.15, 0.2) is 0 Å². The van der Waals surface area contributed by atoms with Crippen molar-refractivity contribution in [2.45, 2.75) is 26.5 Å². The molecule has 4 heteroatoms. The van der Waals surface area contributed by atoms with Crippen molar-refractivity contribution < 1.29 is 4.74 Å².